The first-order valence-corrected chi connectivity index (χ1v) is 12.1. The van der Waals surface area contributed by atoms with Crippen molar-refractivity contribution in [3.8, 4) is 0 Å². The molecule has 8 heteroatoms. The number of benzene rings is 2. The van der Waals surface area contributed by atoms with Crippen molar-refractivity contribution in [2.75, 3.05) is 22.4 Å². The molecule has 0 fully saturated rings. The maximum absolute atomic E-state index is 12.5. The van der Waals surface area contributed by atoms with Gasteiger partial charge in [0.2, 0.25) is 15.9 Å². The summed E-state index contributed by atoms with van der Waals surface area (Å²) < 4.78 is 26.0. The molecule has 0 aliphatic rings. The van der Waals surface area contributed by atoms with Crippen molar-refractivity contribution in [2.45, 2.75) is 46.6 Å². The summed E-state index contributed by atoms with van der Waals surface area (Å²) >= 11 is 0. The first-order valence-electron chi connectivity index (χ1n) is 10.2. The van der Waals surface area contributed by atoms with E-state index in [-0.39, 0.29) is 30.8 Å². The average molecular weight is 446 g/mol. The largest absolute Gasteiger partial charge is 0.350 e. The first-order chi connectivity index (χ1) is 14.5. The lowest BCUT2D eigenvalue weighted by Crippen LogP contribution is -2.32. The van der Waals surface area contributed by atoms with Gasteiger partial charge in [-0.15, -0.1) is 0 Å². The fraction of sp³-hybridized carbons (Fsp3) is 0.391. The van der Waals surface area contributed by atoms with Gasteiger partial charge in [0.05, 0.1) is 23.2 Å². The Bertz CT molecular complexity index is 1050. The minimum Gasteiger partial charge on any atom is -0.350 e. The van der Waals surface area contributed by atoms with E-state index in [9.17, 15) is 18.0 Å². The zero-order chi connectivity index (χ0) is 23.2. The highest BCUT2D eigenvalue weighted by Gasteiger charge is 2.20. The van der Waals surface area contributed by atoms with E-state index >= 15 is 0 Å². The van der Waals surface area contributed by atoms with Gasteiger partial charge in [0.1, 0.15) is 0 Å². The van der Waals surface area contributed by atoms with Gasteiger partial charge in [-0.1, -0.05) is 24.3 Å². The SMILES string of the molecule is Cc1ccc(C)c(N(CCCC(=O)Nc2ccccc2C(=O)NC(C)C)S(C)(=O)=O)c1. The summed E-state index contributed by atoms with van der Waals surface area (Å²) in [5, 5.41) is 5.58. The second-order valence-electron chi connectivity index (χ2n) is 7.95. The fourth-order valence-electron chi connectivity index (χ4n) is 3.18. The van der Waals surface area contributed by atoms with Gasteiger partial charge in [0.15, 0.2) is 0 Å². The summed E-state index contributed by atoms with van der Waals surface area (Å²) in [7, 11) is -3.49. The summed E-state index contributed by atoms with van der Waals surface area (Å²) in [6, 6.07) is 12.4. The number of carbonyl (C=O) groups is 2. The van der Waals surface area contributed by atoms with E-state index in [0.717, 1.165) is 11.1 Å². The van der Waals surface area contributed by atoms with Crippen molar-refractivity contribution in [2.24, 2.45) is 0 Å². The molecule has 0 radical (unpaired) electrons. The van der Waals surface area contributed by atoms with Crippen LogP contribution in [-0.2, 0) is 14.8 Å². The van der Waals surface area contributed by atoms with Crippen molar-refractivity contribution >= 4 is 33.2 Å². The van der Waals surface area contributed by atoms with Gasteiger partial charge in [0.25, 0.3) is 5.91 Å². The topological polar surface area (TPSA) is 95.6 Å². The Morgan fingerprint density at radius 2 is 1.74 bits per heavy atom. The second-order valence-corrected chi connectivity index (χ2v) is 9.86. The smallest absolute Gasteiger partial charge is 0.253 e. The first kappa shape index (κ1) is 24.4. The van der Waals surface area contributed by atoms with Gasteiger partial charge in [-0.3, -0.25) is 13.9 Å². The Morgan fingerprint density at radius 1 is 1.06 bits per heavy atom. The van der Waals surface area contributed by atoms with Gasteiger partial charge in [-0.25, -0.2) is 8.42 Å². The molecule has 0 bridgehead atoms. The standard InChI is InChI=1S/C23H31N3O4S/c1-16(2)24-23(28)19-9-6-7-10-20(19)25-22(27)11-8-14-26(31(5,29)30)21-15-17(3)12-13-18(21)4/h6-7,9-10,12-13,15-16H,8,11,14H2,1-5H3,(H,24,28)(H,25,27). The molecular weight excluding hydrogens is 414 g/mol. The highest BCUT2D eigenvalue weighted by atomic mass is 32.2. The number of hydrogen-bond acceptors (Lipinski definition) is 4. The third-order valence-corrected chi connectivity index (χ3v) is 5.84. The number of para-hydroxylation sites is 1. The van der Waals surface area contributed by atoms with Crippen LogP contribution in [-0.4, -0.2) is 39.1 Å². The predicted molar refractivity (Wildman–Crippen MR) is 125 cm³/mol. The van der Waals surface area contributed by atoms with Crippen LogP contribution in [0.3, 0.4) is 0 Å². The molecular formula is C23H31N3O4S. The number of rotatable bonds is 9. The predicted octanol–water partition coefficient (Wildman–Crippen LogP) is 3.63. The number of anilines is 2. The number of aryl methyl sites for hydroxylation is 2. The molecule has 0 unspecified atom stereocenters. The monoisotopic (exact) mass is 445 g/mol. The molecule has 7 nitrogen and oxygen atoms in total. The van der Waals surface area contributed by atoms with Crippen molar-refractivity contribution in [1.29, 1.82) is 0 Å². The molecule has 0 saturated carbocycles. The molecule has 2 amide bonds. The van der Waals surface area contributed by atoms with Gasteiger partial charge < -0.3 is 10.6 Å². The third kappa shape index (κ3) is 7.10. The molecule has 2 aromatic rings. The molecule has 0 aliphatic heterocycles. The van der Waals surface area contributed by atoms with Crippen LogP contribution in [0.25, 0.3) is 0 Å². The van der Waals surface area contributed by atoms with Crippen LogP contribution >= 0.6 is 0 Å². The molecule has 0 aliphatic carbocycles. The lowest BCUT2D eigenvalue weighted by Gasteiger charge is -2.24. The highest BCUT2D eigenvalue weighted by molar-refractivity contribution is 7.92. The molecule has 0 saturated heterocycles. The normalized spacial score (nSPS) is 11.3. The summed E-state index contributed by atoms with van der Waals surface area (Å²) in [5.74, 6) is -0.539. The molecule has 2 N–H and O–H groups in total. The Kier molecular flexibility index (Phi) is 8.21. The van der Waals surface area contributed by atoms with E-state index in [1.54, 1.807) is 24.3 Å². The van der Waals surface area contributed by atoms with E-state index < -0.39 is 10.0 Å². The molecule has 0 heterocycles. The van der Waals surface area contributed by atoms with Crippen LogP contribution in [0.4, 0.5) is 11.4 Å². The molecule has 0 aromatic heterocycles. The number of sulfonamides is 1. The van der Waals surface area contributed by atoms with E-state index in [4.69, 9.17) is 0 Å². The maximum atomic E-state index is 12.5. The number of amides is 2. The Labute approximate surface area is 184 Å². The Hall–Kier alpha value is -2.87. The second kappa shape index (κ2) is 10.4. The highest BCUT2D eigenvalue weighted by Crippen LogP contribution is 2.24. The summed E-state index contributed by atoms with van der Waals surface area (Å²) in [5.41, 5.74) is 3.25. The van der Waals surface area contributed by atoms with Crippen LogP contribution in [0.15, 0.2) is 42.5 Å². The quantitative estimate of drug-likeness (QED) is 0.616. The Morgan fingerprint density at radius 3 is 2.39 bits per heavy atom. The molecule has 31 heavy (non-hydrogen) atoms. The maximum Gasteiger partial charge on any atom is 0.253 e. The van der Waals surface area contributed by atoms with E-state index in [0.29, 0.717) is 23.4 Å². The zero-order valence-corrected chi connectivity index (χ0v) is 19.5. The van der Waals surface area contributed by atoms with Crippen molar-refractivity contribution in [3.63, 3.8) is 0 Å². The summed E-state index contributed by atoms with van der Waals surface area (Å²) in [4.78, 5) is 24.8. The third-order valence-electron chi connectivity index (χ3n) is 4.66. The lowest BCUT2D eigenvalue weighted by molar-refractivity contribution is -0.116. The average Bonchev–Trinajstić information content (AvgIpc) is 2.66. The fourth-order valence-corrected chi connectivity index (χ4v) is 4.19. The molecule has 0 spiro atoms. The number of carbonyl (C=O) groups excluding carboxylic acids is 2. The minimum absolute atomic E-state index is 0.0247. The van der Waals surface area contributed by atoms with Crippen LogP contribution in [0.5, 0.6) is 0 Å². The molecule has 2 rings (SSSR count). The van der Waals surface area contributed by atoms with Crippen LogP contribution in [0.1, 0.15) is 48.2 Å². The van der Waals surface area contributed by atoms with Crippen LogP contribution < -0.4 is 14.9 Å². The molecule has 0 atom stereocenters. The Balaban J connectivity index is 2.06. The van der Waals surface area contributed by atoms with E-state index in [1.165, 1.54) is 10.6 Å². The van der Waals surface area contributed by atoms with Crippen LogP contribution in [0.2, 0.25) is 0 Å². The summed E-state index contributed by atoms with van der Waals surface area (Å²) in [6.45, 7) is 7.68. The molecule has 168 valence electrons. The minimum atomic E-state index is -3.49. The van der Waals surface area contributed by atoms with Gasteiger partial charge in [-0.05, 0) is 63.4 Å². The molecule has 2 aromatic carbocycles. The number of hydrogen-bond donors (Lipinski definition) is 2. The van der Waals surface area contributed by atoms with Crippen molar-refractivity contribution < 1.29 is 18.0 Å². The zero-order valence-electron chi connectivity index (χ0n) is 18.7. The number of nitrogens with one attached hydrogen (secondary N) is 2. The van der Waals surface area contributed by atoms with Gasteiger partial charge in [0, 0.05) is 19.0 Å². The number of nitrogens with zero attached hydrogens (tertiary/aromatic N) is 1. The van der Waals surface area contributed by atoms with Crippen LogP contribution in [0, 0.1) is 13.8 Å². The van der Waals surface area contributed by atoms with Gasteiger partial charge >= 0.3 is 0 Å². The van der Waals surface area contributed by atoms with Crippen molar-refractivity contribution in [1.82, 2.24) is 5.32 Å². The lowest BCUT2D eigenvalue weighted by atomic mass is 10.1. The van der Waals surface area contributed by atoms with E-state index in [1.807, 2.05) is 45.9 Å². The summed E-state index contributed by atoms with van der Waals surface area (Å²) in [6.07, 6.45) is 1.63. The van der Waals surface area contributed by atoms with Gasteiger partial charge in [-0.2, -0.15) is 0 Å². The van der Waals surface area contributed by atoms with E-state index in [2.05, 4.69) is 10.6 Å². The van der Waals surface area contributed by atoms with Crippen molar-refractivity contribution in [3.05, 3.63) is 59.2 Å².